The summed E-state index contributed by atoms with van der Waals surface area (Å²) in [7, 11) is 2.10. The summed E-state index contributed by atoms with van der Waals surface area (Å²) in [6.07, 6.45) is 4.35. The molecule has 2 nitrogen and oxygen atoms in total. The molecule has 2 aromatic rings. The largest absolute Gasteiger partial charge is 0.291 e. The van der Waals surface area contributed by atoms with Crippen molar-refractivity contribution in [2.75, 3.05) is 7.05 Å². The predicted octanol–water partition coefficient (Wildman–Crippen LogP) is 1.67. The van der Waals surface area contributed by atoms with Crippen LogP contribution in [0.15, 0.2) is 30.5 Å². The maximum atomic E-state index is 2.28. The number of aromatic nitrogens is 1. The van der Waals surface area contributed by atoms with E-state index in [2.05, 4.69) is 52.9 Å². The molecule has 1 aromatic carbocycles. The Hall–Kier alpha value is -1.57. The van der Waals surface area contributed by atoms with Crippen LogP contribution in [0.1, 0.15) is 5.56 Å². The number of hydrogen-bond donors (Lipinski definition) is 0. The van der Waals surface area contributed by atoms with Crippen molar-refractivity contribution in [1.29, 1.82) is 0 Å². The summed E-state index contributed by atoms with van der Waals surface area (Å²) >= 11 is 0. The molecular weight excluding hydrogens is 160 g/mol. The van der Waals surface area contributed by atoms with Gasteiger partial charge in [0.05, 0.1) is 11.1 Å². The van der Waals surface area contributed by atoms with E-state index in [9.17, 15) is 0 Å². The van der Waals surface area contributed by atoms with E-state index < -0.39 is 0 Å². The minimum absolute atomic E-state index is 0.959. The fourth-order valence-electron chi connectivity index (χ4n) is 2.03. The molecule has 0 bridgehead atoms. The fourth-order valence-corrected chi connectivity index (χ4v) is 2.03. The normalized spacial score (nSPS) is 14.7. The second-order valence-corrected chi connectivity index (χ2v) is 3.60. The Morgan fingerprint density at radius 2 is 2.23 bits per heavy atom. The summed E-state index contributed by atoms with van der Waals surface area (Å²) in [5.74, 6) is 0. The van der Waals surface area contributed by atoms with Crippen molar-refractivity contribution in [3.05, 3.63) is 36.0 Å². The Balaban J connectivity index is 2.49. The van der Waals surface area contributed by atoms with Gasteiger partial charge in [0.2, 0.25) is 6.67 Å². The van der Waals surface area contributed by atoms with Gasteiger partial charge in [0.15, 0.2) is 6.21 Å². The highest BCUT2D eigenvalue weighted by Crippen LogP contribution is 2.20. The van der Waals surface area contributed by atoms with Gasteiger partial charge >= 0.3 is 0 Å². The van der Waals surface area contributed by atoms with Crippen LogP contribution in [-0.4, -0.2) is 22.4 Å². The quantitative estimate of drug-likeness (QED) is 0.533. The second-order valence-electron chi connectivity index (χ2n) is 3.60. The fraction of sp³-hybridized carbons (Fsp3) is 0.182. The van der Waals surface area contributed by atoms with Gasteiger partial charge in [0, 0.05) is 11.6 Å². The van der Waals surface area contributed by atoms with Gasteiger partial charge in [0.25, 0.3) is 0 Å². The van der Waals surface area contributed by atoms with Gasteiger partial charge in [-0.25, -0.2) is 4.58 Å². The summed E-state index contributed by atoms with van der Waals surface area (Å²) in [5.41, 5.74) is 2.68. The van der Waals surface area contributed by atoms with E-state index in [0.29, 0.717) is 0 Å². The molecule has 1 aliphatic heterocycles. The predicted molar refractivity (Wildman–Crippen MR) is 53.3 cm³/mol. The molecule has 0 aliphatic carbocycles. The van der Waals surface area contributed by atoms with Crippen molar-refractivity contribution in [1.82, 2.24) is 4.57 Å². The summed E-state index contributed by atoms with van der Waals surface area (Å²) in [6.45, 7) is 0.959. The van der Waals surface area contributed by atoms with E-state index in [0.717, 1.165) is 6.67 Å². The zero-order valence-corrected chi connectivity index (χ0v) is 7.57. The van der Waals surface area contributed by atoms with Gasteiger partial charge < -0.3 is 0 Å². The van der Waals surface area contributed by atoms with Crippen LogP contribution in [0.2, 0.25) is 0 Å². The van der Waals surface area contributed by atoms with Crippen LogP contribution in [0.5, 0.6) is 0 Å². The second kappa shape index (κ2) is 2.22. The SMILES string of the molecule is C[N+]1=Cc2cccc3ccn(c23)C1. The first kappa shape index (κ1) is 6.89. The highest BCUT2D eigenvalue weighted by atomic mass is 15.2. The third-order valence-electron chi connectivity index (χ3n) is 2.55. The Morgan fingerprint density at radius 3 is 3.15 bits per heavy atom. The molecule has 0 amide bonds. The number of rotatable bonds is 0. The first-order valence-electron chi connectivity index (χ1n) is 4.47. The number of benzene rings is 1. The molecule has 2 heterocycles. The van der Waals surface area contributed by atoms with E-state index in [-0.39, 0.29) is 0 Å². The van der Waals surface area contributed by atoms with Gasteiger partial charge in [-0.05, 0) is 12.1 Å². The summed E-state index contributed by atoms with van der Waals surface area (Å²) in [5, 5.41) is 1.34. The van der Waals surface area contributed by atoms with E-state index in [1.165, 1.54) is 16.5 Å². The molecule has 0 fully saturated rings. The molecule has 2 heteroatoms. The van der Waals surface area contributed by atoms with Gasteiger partial charge in [-0.1, -0.05) is 12.1 Å². The Labute approximate surface area is 76.7 Å². The molecule has 0 N–H and O–H groups in total. The Morgan fingerprint density at radius 1 is 1.31 bits per heavy atom. The lowest BCUT2D eigenvalue weighted by atomic mass is 10.1. The van der Waals surface area contributed by atoms with E-state index >= 15 is 0 Å². The molecular formula is C11H11N2+. The van der Waals surface area contributed by atoms with E-state index in [1.54, 1.807) is 0 Å². The van der Waals surface area contributed by atoms with E-state index in [4.69, 9.17) is 0 Å². The van der Waals surface area contributed by atoms with Gasteiger partial charge in [-0.2, -0.15) is 0 Å². The molecule has 3 rings (SSSR count). The molecule has 0 atom stereocenters. The third kappa shape index (κ3) is 0.856. The first-order valence-corrected chi connectivity index (χ1v) is 4.47. The topological polar surface area (TPSA) is 7.94 Å². The third-order valence-corrected chi connectivity index (χ3v) is 2.55. The Bertz CT molecular complexity index is 506. The lowest BCUT2D eigenvalue weighted by Gasteiger charge is -2.09. The summed E-state index contributed by atoms with van der Waals surface area (Å²) in [6, 6.07) is 8.60. The molecule has 13 heavy (non-hydrogen) atoms. The number of hydrogen-bond acceptors (Lipinski definition) is 0. The van der Waals surface area contributed by atoms with Gasteiger partial charge in [-0.3, -0.25) is 4.57 Å². The number of nitrogens with zero attached hydrogens (tertiary/aromatic N) is 2. The standard InChI is InChI=1S/C11H11N2/c1-12-7-10-4-2-3-9-5-6-13(8-12)11(9)10/h2-7H,8H2,1H3/q+1. The summed E-state index contributed by atoms with van der Waals surface area (Å²) in [4.78, 5) is 0. The molecule has 1 aliphatic rings. The van der Waals surface area contributed by atoms with Crippen LogP contribution in [0.25, 0.3) is 10.9 Å². The molecule has 64 valence electrons. The minimum atomic E-state index is 0.959. The van der Waals surface area contributed by atoms with Crippen LogP contribution in [0.4, 0.5) is 0 Å². The lowest BCUT2D eigenvalue weighted by molar-refractivity contribution is -0.526. The van der Waals surface area contributed by atoms with Crippen molar-refractivity contribution < 1.29 is 4.58 Å². The molecule has 0 saturated heterocycles. The van der Waals surface area contributed by atoms with E-state index in [1.807, 2.05) is 0 Å². The summed E-state index contributed by atoms with van der Waals surface area (Å²) < 4.78 is 4.48. The number of para-hydroxylation sites is 1. The maximum absolute atomic E-state index is 2.28. The van der Waals surface area contributed by atoms with Crippen molar-refractivity contribution in [2.24, 2.45) is 0 Å². The zero-order valence-electron chi connectivity index (χ0n) is 7.57. The smallest absolute Gasteiger partial charge is 0.222 e. The monoisotopic (exact) mass is 171 g/mol. The van der Waals surface area contributed by atoms with Gasteiger partial charge in [0.1, 0.15) is 7.05 Å². The van der Waals surface area contributed by atoms with Crippen molar-refractivity contribution in [3.63, 3.8) is 0 Å². The van der Waals surface area contributed by atoms with Crippen LogP contribution < -0.4 is 0 Å². The zero-order chi connectivity index (χ0) is 8.84. The molecule has 0 radical (unpaired) electrons. The minimum Gasteiger partial charge on any atom is -0.291 e. The van der Waals surface area contributed by atoms with Crippen molar-refractivity contribution >= 4 is 17.1 Å². The average molecular weight is 171 g/mol. The van der Waals surface area contributed by atoms with Crippen molar-refractivity contribution in [2.45, 2.75) is 6.67 Å². The average Bonchev–Trinajstić information content (AvgIpc) is 2.50. The lowest BCUT2D eigenvalue weighted by Crippen LogP contribution is -2.18. The Kier molecular flexibility index (Phi) is 1.18. The molecule has 0 spiro atoms. The molecule has 1 aromatic heterocycles. The van der Waals surface area contributed by atoms with Crippen LogP contribution >= 0.6 is 0 Å². The highest BCUT2D eigenvalue weighted by Gasteiger charge is 2.13. The van der Waals surface area contributed by atoms with Crippen LogP contribution in [0.3, 0.4) is 0 Å². The highest BCUT2D eigenvalue weighted by molar-refractivity contribution is 5.97. The van der Waals surface area contributed by atoms with Gasteiger partial charge in [-0.15, -0.1) is 0 Å². The van der Waals surface area contributed by atoms with Crippen molar-refractivity contribution in [3.8, 4) is 0 Å². The van der Waals surface area contributed by atoms with Crippen LogP contribution in [-0.2, 0) is 6.67 Å². The molecule has 0 saturated carbocycles. The molecule has 0 unspecified atom stereocenters. The van der Waals surface area contributed by atoms with Crippen LogP contribution in [0, 0.1) is 0 Å². The first-order chi connectivity index (χ1) is 6.34. The maximum Gasteiger partial charge on any atom is 0.222 e.